The molecular formula is C23H34N4O2. The van der Waals surface area contributed by atoms with Crippen molar-refractivity contribution in [3.8, 4) is 0 Å². The van der Waals surface area contributed by atoms with E-state index in [-0.39, 0.29) is 29.7 Å². The molecule has 158 valence electrons. The number of nitrogens with one attached hydrogen (secondary N) is 2. The van der Waals surface area contributed by atoms with Crippen LogP contribution in [0.2, 0.25) is 0 Å². The molecule has 1 aromatic rings. The van der Waals surface area contributed by atoms with Crippen LogP contribution in [0.25, 0.3) is 0 Å². The number of anilines is 2. The number of ketones is 1. The zero-order valence-electron chi connectivity index (χ0n) is 18.3. The predicted octanol–water partition coefficient (Wildman–Crippen LogP) is 3.02. The quantitative estimate of drug-likeness (QED) is 0.721. The van der Waals surface area contributed by atoms with Gasteiger partial charge >= 0.3 is 0 Å². The normalized spacial score (nSPS) is 20.7. The Morgan fingerprint density at radius 3 is 2.72 bits per heavy atom. The largest absolute Gasteiger partial charge is 0.357 e. The van der Waals surface area contributed by atoms with Crippen molar-refractivity contribution in [2.45, 2.75) is 46.1 Å². The van der Waals surface area contributed by atoms with E-state index in [1.54, 1.807) is 0 Å². The van der Waals surface area contributed by atoms with Crippen molar-refractivity contribution < 1.29 is 9.59 Å². The number of allylic oxidation sites excluding steroid dienone is 1. The SMILES string of the molecule is C[C@H]1C2=C(CC(C)(C)CC2=O)Nc2ccccc2N1CC(=O)NCCCN(C)C. The Balaban J connectivity index is 1.84. The first-order chi connectivity index (χ1) is 13.7. The predicted molar refractivity (Wildman–Crippen MR) is 118 cm³/mol. The van der Waals surface area contributed by atoms with Crippen molar-refractivity contribution in [3.63, 3.8) is 0 Å². The Hall–Kier alpha value is -2.34. The van der Waals surface area contributed by atoms with Crippen LogP contribution >= 0.6 is 0 Å². The highest BCUT2D eigenvalue weighted by Crippen LogP contribution is 2.43. The first-order valence-corrected chi connectivity index (χ1v) is 10.5. The molecule has 6 nitrogen and oxygen atoms in total. The smallest absolute Gasteiger partial charge is 0.239 e. The summed E-state index contributed by atoms with van der Waals surface area (Å²) in [6.45, 7) is 8.13. The Kier molecular flexibility index (Phi) is 6.32. The van der Waals surface area contributed by atoms with Gasteiger partial charge in [-0.05, 0) is 58.0 Å². The molecule has 1 aliphatic carbocycles. The van der Waals surface area contributed by atoms with Crippen molar-refractivity contribution in [2.24, 2.45) is 5.41 Å². The van der Waals surface area contributed by atoms with Crippen LogP contribution in [0.15, 0.2) is 35.5 Å². The van der Waals surface area contributed by atoms with Crippen LogP contribution in [0.5, 0.6) is 0 Å². The maximum absolute atomic E-state index is 13.0. The molecule has 2 aliphatic rings. The van der Waals surface area contributed by atoms with E-state index < -0.39 is 0 Å². The molecule has 1 aromatic carbocycles. The third kappa shape index (κ3) is 4.99. The summed E-state index contributed by atoms with van der Waals surface area (Å²) in [7, 11) is 4.05. The molecule has 3 rings (SSSR count). The Morgan fingerprint density at radius 2 is 2.00 bits per heavy atom. The molecule has 0 spiro atoms. The summed E-state index contributed by atoms with van der Waals surface area (Å²) in [4.78, 5) is 29.9. The van der Waals surface area contributed by atoms with Gasteiger partial charge in [-0.2, -0.15) is 0 Å². The summed E-state index contributed by atoms with van der Waals surface area (Å²) < 4.78 is 0. The molecule has 1 heterocycles. The van der Waals surface area contributed by atoms with Crippen molar-refractivity contribution in [2.75, 3.05) is 43.9 Å². The minimum absolute atomic E-state index is 0.0157. The average Bonchev–Trinajstić information content (AvgIpc) is 2.72. The standard InChI is InChI=1S/C23H34N4O2/c1-16-22-18(13-23(2,3)14-20(22)28)25-17-9-6-7-10-19(17)27(16)15-21(29)24-11-8-12-26(4)5/h6-7,9-10,16,25H,8,11-15H2,1-5H3,(H,24,29)/t16-/m0/s1. The first kappa shape index (κ1) is 21.4. The number of carbonyl (C=O) groups excluding carboxylic acids is 2. The number of benzene rings is 1. The number of Topliss-reactive ketones (excluding diaryl/α,β-unsaturated/α-hetero) is 1. The van der Waals surface area contributed by atoms with E-state index >= 15 is 0 Å². The second-order valence-corrected chi connectivity index (χ2v) is 9.29. The number of rotatable bonds is 6. The molecule has 0 aromatic heterocycles. The number of para-hydroxylation sites is 2. The van der Waals surface area contributed by atoms with Crippen molar-refractivity contribution in [1.29, 1.82) is 0 Å². The van der Waals surface area contributed by atoms with Crippen LogP contribution in [-0.4, -0.2) is 56.4 Å². The number of amides is 1. The van der Waals surface area contributed by atoms with E-state index in [1.807, 2.05) is 45.3 Å². The third-order valence-electron chi connectivity index (χ3n) is 5.72. The molecule has 0 fully saturated rings. The highest BCUT2D eigenvalue weighted by atomic mass is 16.2. The zero-order valence-corrected chi connectivity index (χ0v) is 18.3. The highest BCUT2D eigenvalue weighted by Gasteiger charge is 2.39. The molecule has 0 radical (unpaired) electrons. The van der Waals surface area contributed by atoms with E-state index in [9.17, 15) is 9.59 Å². The third-order valence-corrected chi connectivity index (χ3v) is 5.72. The molecule has 1 atom stereocenters. The van der Waals surface area contributed by atoms with Crippen LogP contribution in [0.1, 0.15) is 40.0 Å². The van der Waals surface area contributed by atoms with Gasteiger partial charge in [0.05, 0.1) is 24.0 Å². The van der Waals surface area contributed by atoms with E-state index in [0.717, 1.165) is 42.0 Å². The fourth-order valence-electron chi connectivity index (χ4n) is 4.34. The van der Waals surface area contributed by atoms with Gasteiger partial charge in [0.1, 0.15) is 0 Å². The highest BCUT2D eigenvalue weighted by molar-refractivity contribution is 6.01. The van der Waals surface area contributed by atoms with Gasteiger partial charge in [-0.1, -0.05) is 26.0 Å². The van der Waals surface area contributed by atoms with Crippen molar-refractivity contribution in [1.82, 2.24) is 10.2 Å². The lowest BCUT2D eigenvalue weighted by Gasteiger charge is -2.36. The summed E-state index contributed by atoms with van der Waals surface area (Å²) in [6, 6.07) is 7.85. The van der Waals surface area contributed by atoms with Crippen LogP contribution < -0.4 is 15.5 Å². The van der Waals surface area contributed by atoms with Crippen molar-refractivity contribution in [3.05, 3.63) is 35.5 Å². The van der Waals surface area contributed by atoms with E-state index in [1.165, 1.54) is 0 Å². The molecule has 0 saturated heterocycles. The molecule has 0 bridgehead atoms. The topological polar surface area (TPSA) is 64.7 Å². The number of carbonyl (C=O) groups is 2. The van der Waals surface area contributed by atoms with Gasteiger partial charge in [-0.3, -0.25) is 9.59 Å². The van der Waals surface area contributed by atoms with Crippen LogP contribution in [0.4, 0.5) is 11.4 Å². The fourth-order valence-corrected chi connectivity index (χ4v) is 4.34. The average molecular weight is 399 g/mol. The second kappa shape index (κ2) is 8.57. The number of nitrogens with zero attached hydrogens (tertiary/aromatic N) is 2. The Bertz CT molecular complexity index is 813. The van der Waals surface area contributed by atoms with E-state index in [4.69, 9.17) is 0 Å². The molecule has 1 amide bonds. The lowest BCUT2D eigenvalue weighted by Crippen LogP contribution is -2.45. The Morgan fingerprint density at radius 1 is 1.28 bits per heavy atom. The van der Waals surface area contributed by atoms with E-state index in [2.05, 4.69) is 34.3 Å². The van der Waals surface area contributed by atoms with Gasteiger partial charge in [-0.15, -0.1) is 0 Å². The van der Waals surface area contributed by atoms with Gasteiger partial charge in [-0.25, -0.2) is 0 Å². The summed E-state index contributed by atoms with van der Waals surface area (Å²) in [5.41, 5.74) is 3.68. The molecular weight excluding hydrogens is 364 g/mol. The van der Waals surface area contributed by atoms with Crippen LogP contribution in [-0.2, 0) is 9.59 Å². The summed E-state index contributed by atoms with van der Waals surface area (Å²) in [5.74, 6) is 0.165. The van der Waals surface area contributed by atoms with Crippen LogP contribution in [0.3, 0.4) is 0 Å². The summed E-state index contributed by atoms with van der Waals surface area (Å²) >= 11 is 0. The monoisotopic (exact) mass is 398 g/mol. The number of fused-ring (bicyclic) bond motifs is 1. The Labute approximate surface area is 174 Å². The summed E-state index contributed by atoms with van der Waals surface area (Å²) in [5, 5.41) is 6.55. The fraction of sp³-hybridized carbons (Fsp3) is 0.565. The van der Waals surface area contributed by atoms with Gasteiger partial charge in [0.15, 0.2) is 5.78 Å². The van der Waals surface area contributed by atoms with Gasteiger partial charge < -0.3 is 20.4 Å². The molecule has 0 saturated carbocycles. The lowest BCUT2D eigenvalue weighted by atomic mass is 9.74. The first-order valence-electron chi connectivity index (χ1n) is 10.5. The van der Waals surface area contributed by atoms with Gasteiger partial charge in [0.2, 0.25) is 5.91 Å². The molecule has 6 heteroatoms. The number of hydrogen-bond donors (Lipinski definition) is 2. The second-order valence-electron chi connectivity index (χ2n) is 9.29. The lowest BCUT2D eigenvalue weighted by molar-refractivity contribution is -0.120. The molecule has 0 unspecified atom stereocenters. The maximum atomic E-state index is 13.0. The van der Waals surface area contributed by atoms with Crippen LogP contribution in [0, 0.1) is 5.41 Å². The summed E-state index contributed by atoms with van der Waals surface area (Å²) in [6.07, 6.45) is 2.28. The minimum atomic E-state index is -0.155. The van der Waals surface area contributed by atoms with Gasteiger partial charge in [0.25, 0.3) is 0 Å². The molecule has 29 heavy (non-hydrogen) atoms. The van der Waals surface area contributed by atoms with E-state index in [0.29, 0.717) is 13.0 Å². The molecule has 2 N–H and O–H groups in total. The molecule has 1 aliphatic heterocycles. The maximum Gasteiger partial charge on any atom is 0.239 e. The number of hydrogen-bond acceptors (Lipinski definition) is 5. The van der Waals surface area contributed by atoms with Crippen molar-refractivity contribution >= 4 is 23.1 Å². The minimum Gasteiger partial charge on any atom is -0.357 e. The van der Waals surface area contributed by atoms with Gasteiger partial charge in [0, 0.05) is 24.2 Å². The zero-order chi connectivity index (χ0) is 21.2.